The zero-order valence-electron chi connectivity index (χ0n) is 32.9. The zero-order valence-corrected chi connectivity index (χ0v) is 32.9. The van der Waals surface area contributed by atoms with E-state index in [0.29, 0.717) is 25.1 Å². The molecule has 0 spiro atoms. The number of alkyl carbamates (subject to hydrolysis) is 1. The van der Waals surface area contributed by atoms with E-state index >= 15 is 0 Å². The van der Waals surface area contributed by atoms with E-state index in [9.17, 15) is 14.4 Å². The Balaban J connectivity index is 0.940. The van der Waals surface area contributed by atoms with E-state index in [4.69, 9.17) is 19.6 Å². The van der Waals surface area contributed by atoms with Crippen molar-refractivity contribution in [1.29, 1.82) is 0 Å². The molecule has 0 aliphatic carbocycles. The fourth-order valence-corrected chi connectivity index (χ4v) is 8.12. The highest BCUT2D eigenvalue weighted by atomic mass is 17.2. The molecule has 0 bridgehead atoms. The number of nitrogens with zero attached hydrogens (tertiary/aromatic N) is 5. The first kappa shape index (κ1) is 39.0. The molecular formula is C45H46N8O6. The Morgan fingerprint density at radius 1 is 0.797 bits per heavy atom. The first-order valence-electron chi connectivity index (χ1n) is 19.8. The molecule has 6 aromatic rings. The van der Waals surface area contributed by atoms with Gasteiger partial charge in [-0.25, -0.2) is 19.8 Å². The predicted octanol–water partition coefficient (Wildman–Crippen LogP) is 7.47. The molecule has 4 aromatic carbocycles. The third-order valence-corrected chi connectivity index (χ3v) is 11.0. The lowest BCUT2D eigenvalue weighted by atomic mass is 10.1. The summed E-state index contributed by atoms with van der Waals surface area (Å²) in [5.41, 5.74) is 7.04. The van der Waals surface area contributed by atoms with Gasteiger partial charge in [0, 0.05) is 13.1 Å². The number of rotatable bonds is 13. The van der Waals surface area contributed by atoms with Crippen LogP contribution in [0.15, 0.2) is 108 Å². The molecule has 14 nitrogen and oxygen atoms in total. The molecule has 3 amide bonds. The van der Waals surface area contributed by atoms with E-state index in [0.717, 1.165) is 82.5 Å². The Morgan fingerprint density at radius 3 is 2.05 bits per heavy atom. The zero-order chi connectivity index (χ0) is 40.7. The molecule has 14 heteroatoms. The summed E-state index contributed by atoms with van der Waals surface area (Å²) in [4.78, 5) is 74.5. The van der Waals surface area contributed by atoms with Crippen molar-refractivity contribution in [2.24, 2.45) is 4.99 Å². The molecule has 2 fully saturated rings. The normalized spacial score (nSPS) is 17.9. The molecule has 2 aliphatic rings. The summed E-state index contributed by atoms with van der Waals surface area (Å²) in [6.45, 7) is 1.16. The van der Waals surface area contributed by atoms with E-state index < -0.39 is 18.2 Å². The van der Waals surface area contributed by atoms with Gasteiger partial charge in [0.1, 0.15) is 17.7 Å². The summed E-state index contributed by atoms with van der Waals surface area (Å²) >= 11 is 0. The highest BCUT2D eigenvalue weighted by Gasteiger charge is 2.38. The molecule has 0 saturated carbocycles. The maximum Gasteiger partial charge on any atom is 0.407 e. The van der Waals surface area contributed by atoms with Crippen LogP contribution in [-0.4, -0.2) is 81.4 Å². The van der Waals surface area contributed by atoms with Crippen LogP contribution in [0, 0.1) is 0 Å². The van der Waals surface area contributed by atoms with Gasteiger partial charge in [-0.2, -0.15) is 4.89 Å². The van der Waals surface area contributed by atoms with Gasteiger partial charge in [0.15, 0.2) is 6.04 Å². The number of imidazole rings is 2. The molecule has 0 unspecified atom stereocenters. The number of likely N-dealkylation sites (tertiary alicyclic amines) is 2. The SMILES string of the molecule is COOC=N[C@@H](C(=O)N1CCC[C@H]1c1nc2ccc(C=CCc3ccc4nc([C@@H]5CCCN5C(=O)[C@H](NC(=O)OC)c5ccccc5)[nH]c4c3)cc2[nH]1)c1ccccc1. The third kappa shape index (κ3) is 8.58. The number of aromatic nitrogens is 4. The number of hydrogen-bond donors (Lipinski definition) is 3. The number of carbonyl (C=O) groups excluding carboxylic acids is 3. The highest BCUT2D eigenvalue weighted by molar-refractivity contribution is 5.88. The highest BCUT2D eigenvalue weighted by Crippen LogP contribution is 2.36. The van der Waals surface area contributed by atoms with Crippen molar-refractivity contribution in [1.82, 2.24) is 35.1 Å². The summed E-state index contributed by atoms with van der Waals surface area (Å²) in [6.07, 6.45) is 8.64. The number of amides is 3. The Bertz CT molecular complexity index is 2480. The minimum Gasteiger partial charge on any atom is -0.453 e. The summed E-state index contributed by atoms with van der Waals surface area (Å²) in [6, 6.07) is 28.8. The van der Waals surface area contributed by atoms with Gasteiger partial charge in [0.2, 0.25) is 6.40 Å². The Morgan fingerprint density at radius 2 is 1.41 bits per heavy atom. The van der Waals surface area contributed by atoms with Gasteiger partial charge in [-0.3, -0.25) is 9.59 Å². The van der Waals surface area contributed by atoms with Crippen LogP contribution in [0.1, 0.15) is 83.8 Å². The third-order valence-electron chi connectivity index (χ3n) is 11.0. The van der Waals surface area contributed by atoms with Crippen molar-refractivity contribution in [2.45, 2.75) is 56.3 Å². The number of allylic oxidation sites excluding steroid dienone is 1. The van der Waals surface area contributed by atoms with Crippen LogP contribution < -0.4 is 5.32 Å². The van der Waals surface area contributed by atoms with E-state index in [1.807, 2.05) is 83.8 Å². The Hall–Kier alpha value is -6.80. The first-order chi connectivity index (χ1) is 28.9. The van der Waals surface area contributed by atoms with Crippen LogP contribution in [0.4, 0.5) is 4.79 Å². The summed E-state index contributed by atoms with van der Waals surface area (Å²) in [5, 5.41) is 2.72. The van der Waals surface area contributed by atoms with Crippen LogP contribution in [0.3, 0.4) is 0 Å². The largest absolute Gasteiger partial charge is 0.453 e. The van der Waals surface area contributed by atoms with Crippen LogP contribution >= 0.6 is 0 Å². The monoisotopic (exact) mass is 794 g/mol. The molecule has 2 aromatic heterocycles. The van der Waals surface area contributed by atoms with Crippen molar-refractivity contribution in [3.8, 4) is 0 Å². The standard InChI is InChI=1S/C45H46N8O6/c1-57-45(56)51-40(32-16-7-4-8-17-32)44(55)53-25-11-19-38(53)42-48-34-23-21-30(27-36(34)50-42)13-9-12-29-20-22-33-35(26-29)49-41(47-33)37-18-10-24-52(37)43(54)39(46-28-59-58-2)31-14-5-3-6-15-31/h3-9,12,14-17,20-23,26-28,37-40H,10-11,13,18-19,24-25H2,1-2H3,(H,47,49)(H,48,50)(H,51,56)/t37-,38-,39+,40+/m0/s1. The van der Waals surface area contributed by atoms with Gasteiger partial charge >= 0.3 is 6.09 Å². The number of nitrogens with one attached hydrogen (secondary N) is 3. The van der Waals surface area contributed by atoms with Gasteiger partial charge in [0.25, 0.3) is 11.8 Å². The maximum absolute atomic E-state index is 13.9. The van der Waals surface area contributed by atoms with E-state index in [-0.39, 0.29) is 23.9 Å². The Labute approximate surface area is 341 Å². The molecule has 4 heterocycles. The number of aliphatic imine (C=N–C) groups is 1. The minimum atomic E-state index is -0.877. The van der Waals surface area contributed by atoms with Gasteiger partial charge in [-0.1, -0.05) is 84.9 Å². The second kappa shape index (κ2) is 17.8. The van der Waals surface area contributed by atoms with Crippen LogP contribution in [-0.2, 0) is 30.5 Å². The lowest BCUT2D eigenvalue weighted by Crippen LogP contribution is -2.42. The minimum absolute atomic E-state index is 0.124. The number of carbonyl (C=O) groups is 3. The first-order valence-corrected chi connectivity index (χ1v) is 19.8. The van der Waals surface area contributed by atoms with E-state index in [1.165, 1.54) is 14.2 Å². The molecule has 8 rings (SSSR count). The van der Waals surface area contributed by atoms with Crippen molar-refractivity contribution < 1.29 is 28.9 Å². The molecule has 4 atom stereocenters. The molecule has 2 aliphatic heterocycles. The lowest BCUT2D eigenvalue weighted by molar-refractivity contribution is -0.188. The fraction of sp³-hybridized carbons (Fsp3) is 0.289. The van der Waals surface area contributed by atoms with Gasteiger partial charge < -0.3 is 34.7 Å². The second-order valence-corrected chi connectivity index (χ2v) is 14.7. The number of ether oxygens (including phenoxy) is 1. The van der Waals surface area contributed by atoms with Crippen molar-refractivity contribution in [3.63, 3.8) is 0 Å². The Kier molecular flexibility index (Phi) is 11.8. The lowest BCUT2D eigenvalue weighted by Gasteiger charge is -2.28. The molecule has 2 saturated heterocycles. The summed E-state index contributed by atoms with van der Waals surface area (Å²) < 4.78 is 4.84. The van der Waals surface area contributed by atoms with Crippen molar-refractivity contribution >= 4 is 52.5 Å². The summed E-state index contributed by atoms with van der Waals surface area (Å²) in [5.74, 6) is 1.15. The molecule has 3 N–H and O–H groups in total. The quantitative estimate of drug-likeness (QED) is 0.0469. The number of aromatic amines is 2. The smallest absolute Gasteiger partial charge is 0.407 e. The maximum atomic E-state index is 13.9. The fourth-order valence-electron chi connectivity index (χ4n) is 8.12. The number of benzene rings is 4. The molecule has 0 radical (unpaired) electrons. The number of hydrogen-bond acceptors (Lipinski definition) is 9. The van der Waals surface area contributed by atoms with Crippen molar-refractivity contribution in [2.75, 3.05) is 27.3 Å². The predicted molar refractivity (Wildman–Crippen MR) is 223 cm³/mol. The number of H-pyrrole nitrogens is 2. The average Bonchev–Trinajstić information content (AvgIpc) is 4.10. The molecular weight excluding hydrogens is 749 g/mol. The topological polar surface area (TPSA) is 167 Å². The van der Waals surface area contributed by atoms with Gasteiger partial charge in [0.05, 0.1) is 48.4 Å². The average molecular weight is 795 g/mol. The van der Waals surface area contributed by atoms with Gasteiger partial charge in [-0.15, -0.1) is 0 Å². The molecule has 302 valence electrons. The second-order valence-electron chi connectivity index (χ2n) is 14.7. The number of fused-ring (bicyclic) bond motifs is 2. The van der Waals surface area contributed by atoms with Gasteiger partial charge in [-0.05, 0) is 78.6 Å². The van der Waals surface area contributed by atoms with Crippen LogP contribution in [0.2, 0.25) is 0 Å². The molecule has 59 heavy (non-hydrogen) atoms. The van der Waals surface area contributed by atoms with E-state index in [2.05, 4.69) is 55.5 Å². The van der Waals surface area contributed by atoms with Crippen LogP contribution in [0.25, 0.3) is 28.1 Å². The van der Waals surface area contributed by atoms with Crippen LogP contribution in [0.5, 0.6) is 0 Å². The summed E-state index contributed by atoms with van der Waals surface area (Å²) in [7, 11) is 2.67. The number of methoxy groups -OCH3 is 1. The van der Waals surface area contributed by atoms with E-state index in [1.54, 1.807) is 4.90 Å². The van der Waals surface area contributed by atoms with Crippen molar-refractivity contribution in [3.05, 3.63) is 137 Å².